The molecule has 1 amide bonds. The van der Waals surface area contributed by atoms with Gasteiger partial charge in [0.1, 0.15) is 11.8 Å². The van der Waals surface area contributed by atoms with Crippen LogP contribution in [0.15, 0.2) is 24.3 Å². The number of methoxy groups -OCH3 is 2. The normalized spacial score (nSPS) is 11.9. The van der Waals surface area contributed by atoms with Crippen LogP contribution in [0.1, 0.15) is 12.5 Å². The third kappa shape index (κ3) is 5.43. The Bertz CT molecular complexity index is 490. The molecule has 0 aromatic heterocycles. The first-order chi connectivity index (χ1) is 9.97. The van der Waals surface area contributed by atoms with Gasteiger partial charge in [-0.1, -0.05) is 18.2 Å². The van der Waals surface area contributed by atoms with Gasteiger partial charge in [0, 0.05) is 25.6 Å². The van der Waals surface area contributed by atoms with Crippen LogP contribution < -0.4 is 10.1 Å². The Kier molecular flexibility index (Phi) is 6.68. The predicted octanol–water partition coefficient (Wildman–Crippen LogP) is 0.805. The van der Waals surface area contributed by atoms with Gasteiger partial charge in [-0.3, -0.25) is 9.69 Å². The van der Waals surface area contributed by atoms with E-state index in [1.54, 1.807) is 7.11 Å². The Morgan fingerprint density at radius 1 is 1.29 bits per heavy atom. The second-order valence-electron chi connectivity index (χ2n) is 4.78. The van der Waals surface area contributed by atoms with Gasteiger partial charge in [-0.05, 0) is 13.1 Å². The van der Waals surface area contributed by atoms with Gasteiger partial charge in [0.25, 0.3) is 0 Å². The van der Waals surface area contributed by atoms with E-state index in [-0.39, 0.29) is 5.91 Å². The van der Waals surface area contributed by atoms with E-state index < -0.39 is 12.0 Å². The maximum absolute atomic E-state index is 11.7. The van der Waals surface area contributed by atoms with Crippen molar-refractivity contribution in [1.29, 1.82) is 0 Å². The van der Waals surface area contributed by atoms with E-state index in [0.717, 1.165) is 11.3 Å². The fraction of sp³-hybridized carbons (Fsp3) is 0.467. The molecule has 0 fully saturated rings. The number of nitrogens with zero attached hydrogens (tertiary/aromatic N) is 1. The van der Waals surface area contributed by atoms with E-state index in [2.05, 4.69) is 5.32 Å². The van der Waals surface area contributed by atoms with Crippen molar-refractivity contribution in [1.82, 2.24) is 10.2 Å². The van der Waals surface area contributed by atoms with Crippen molar-refractivity contribution in [2.75, 3.05) is 27.8 Å². The minimum Gasteiger partial charge on any atom is -0.496 e. The van der Waals surface area contributed by atoms with Crippen LogP contribution in [0.5, 0.6) is 5.75 Å². The molecule has 0 saturated heterocycles. The van der Waals surface area contributed by atoms with E-state index in [0.29, 0.717) is 13.1 Å². The summed E-state index contributed by atoms with van der Waals surface area (Å²) in [5.41, 5.74) is 1.01. The van der Waals surface area contributed by atoms with Gasteiger partial charge in [-0.2, -0.15) is 0 Å². The molecule has 116 valence electrons. The van der Waals surface area contributed by atoms with Gasteiger partial charge in [-0.15, -0.1) is 0 Å². The largest absolute Gasteiger partial charge is 0.496 e. The number of benzene rings is 1. The summed E-state index contributed by atoms with van der Waals surface area (Å²) in [7, 11) is 4.79. The third-order valence-corrected chi connectivity index (χ3v) is 2.99. The van der Waals surface area contributed by atoms with Crippen LogP contribution in [0.25, 0.3) is 0 Å². The SMILES string of the molecule is COC(=O)C(CN(C)Cc1ccccc1OC)NC(C)=O. The Balaban J connectivity index is 2.71. The number of esters is 1. The van der Waals surface area contributed by atoms with Crippen molar-refractivity contribution in [3.63, 3.8) is 0 Å². The highest BCUT2D eigenvalue weighted by Crippen LogP contribution is 2.18. The summed E-state index contributed by atoms with van der Waals surface area (Å²) in [4.78, 5) is 24.8. The van der Waals surface area contributed by atoms with Gasteiger partial charge in [-0.25, -0.2) is 4.79 Å². The molecule has 0 aliphatic rings. The maximum Gasteiger partial charge on any atom is 0.329 e. The molecule has 0 spiro atoms. The molecule has 1 atom stereocenters. The van der Waals surface area contributed by atoms with E-state index in [1.165, 1.54) is 14.0 Å². The number of carbonyl (C=O) groups is 2. The quantitative estimate of drug-likeness (QED) is 0.754. The lowest BCUT2D eigenvalue weighted by Gasteiger charge is -2.23. The van der Waals surface area contributed by atoms with Crippen molar-refractivity contribution in [2.45, 2.75) is 19.5 Å². The molecule has 1 aromatic rings. The number of ether oxygens (including phenoxy) is 2. The van der Waals surface area contributed by atoms with Crippen molar-refractivity contribution in [3.8, 4) is 5.75 Å². The highest BCUT2D eigenvalue weighted by molar-refractivity contribution is 5.83. The molecule has 1 unspecified atom stereocenters. The van der Waals surface area contributed by atoms with Crippen molar-refractivity contribution in [3.05, 3.63) is 29.8 Å². The zero-order valence-corrected chi connectivity index (χ0v) is 12.9. The van der Waals surface area contributed by atoms with Gasteiger partial charge in [0.15, 0.2) is 0 Å². The molecule has 0 radical (unpaired) electrons. The fourth-order valence-electron chi connectivity index (χ4n) is 2.07. The Hall–Kier alpha value is -2.08. The zero-order valence-electron chi connectivity index (χ0n) is 12.9. The number of amides is 1. The van der Waals surface area contributed by atoms with Gasteiger partial charge in [0.2, 0.25) is 5.91 Å². The molecule has 0 bridgehead atoms. The van der Waals surface area contributed by atoms with Gasteiger partial charge in [0.05, 0.1) is 14.2 Å². The van der Waals surface area contributed by atoms with E-state index in [9.17, 15) is 9.59 Å². The Morgan fingerprint density at radius 2 is 1.95 bits per heavy atom. The van der Waals surface area contributed by atoms with Gasteiger partial charge < -0.3 is 14.8 Å². The number of likely N-dealkylation sites (N-methyl/N-ethyl adjacent to an activating group) is 1. The monoisotopic (exact) mass is 294 g/mol. The lowest BCUT2D eigenvalue weighted by atomic mass is 10.1. The summed E-state index contributed by atoms with van der Waals surface area (Å²) < 4.78 is 10.0. The topological polar surface area (TPSA) is 67.9 Å². The Morgan fingerprint density at radius 3 is 2.52 bits per heavy atom. The number of hydrogen-bond donors (Lipinski definition) is 1. The number of nitrogens with one attached hydrogen (secondary N) is 1. The lowest BCUT2D eigenvalue weighted by molar-refractivity contribution is -0.145. The van der Waals surface area contributed by atoms with Crippen LogP contribution in [0.4, 0.5) is 0 Å². The van der Waals surface area contributed by atoms with Gasteiger partial charge >= 0.3 is 5.97 Å². The third-order valence-electron chi connectivity index (χ3n) is 2.99. The van der Waals surface area contributed by atoms with Crippen molar-refractivity contribution < 1.29 is 19.1 Å². The molecule has 1 N–H and O–H groups in total. The van der Waals surface area contributed by atoms with Crippen LogP contribution in [0, 0.1) is 0 Å². The summed E-state index contributed by atoms with van der Waals surface area (Å²) in [5, 5.41) is 2.59. The Labute approximate surface area is 125 Å². The summed E-state index contributed by atoms with van der Waals surface area (Å²) in [6.45, 7) is 2.32. The fourth-order valence-corrected chi connectivity index (χ4v) is 2.07. The standard InChI is InChI=1S/C15H22N2O4/c1-11(18)16-13(15(19)21-4)10-17(2)9-12-7-5-6-8-14(12)20-3/h5-8,13H,9-10H2,1-4H3,(H,16,18). The average Bonchev–Trinajstić information content (AvgIpc) is 2.45. The maximum atomic E-state index is 11.7. The molecular formula is C15H22N2O4. The van der Waals surface area contributed by atoms with Crippen molar-refractivity contribution in [2.24, 2.45) is 0 Å². The molecule has 6 heteroatoms. The first kappa shape index (κ1) is 17.0. The summed E-state index contributed by atoms with van der Waals surface area (Å²) in [6.07, 6.45) is 0. The van der Waals surface area contributed by atoms with E-state index >= 15 is 0 Å². The summed E-state index contributed by atoms with van der Waals surface area (Å²) in [5.74, 6) is 0.0617. The first-order valence-electron chi connectivity index (χ1n) is 6.63. The first-order valence-corrected chi connectivity index (χ1v) is 6.63. The van der Waals surface area contributed by atoms with Crippen LogP contribution in [-0.2, 0) is 20.9 Å². The number of hydrogen-bond acceptors (Lipinski definition) is 5. The summed E-state index contributed by atoms with van der Waals surface area (Å²) in [6, 6.07) is 6.98. The highest BCUT2D eigenvalue weighted by Gasteiger charge is 2.22. The summed E-state index contributed by atoms with van der Waals surface area (Å²) >= 11 is 0. The molecule has 6 nitrogen and oxygen atoms in total. The predicted molar refractivity (Wildman–Crippen MR) is 78.9 cm³/mol. The van der Waals surface area contributed by atoms with E-state index in [1.807, 2.05) is 36.2 Å². The molecule has 0 saturated carbocycles. The molecule has 1 aromatic carbocycles. The minimum absolute atomic E-state index is 0.268. The smallest absolute Gasteiger partial charge is 0.329 e. The average molecular weight is 294 g/mol. The number of para-hydroxylation sites is 1. The minimum atomic E-state index is -0.688. The molecule has 0 aliphatic heterocycles. The zero-order chi connectivity index (χ0) is 15.8. The second kappa shape index (κ2) is 8.26. The molecule has 21 heavy (non-hydrogen) atoms. The van der Waals surface area contributed by atoms with Crippen molar-refractivity contribution >= 4 is 11.9 Å². The number of carbonyl (C=O) groups excluding carboxylic acids is 2. The van der Waals surface area contributed by atoms with Crippen LogP contribution in [0.2, 0.25) is 0 Å². The molecular weight excluding hydrogens is 272 g/mol. The van der Waals surface area contributed by atoms with Crippen LogP contribution in [-0.4, -0.2) is 50.6 Å². The second-order valence-corrected chi connectivity index (χ2v) is 4.78. The lowest BCUT2D eigenvalue weighted by Crippen LogP contribution is -2.47. The van der Waals surface area contributed by atoms with Crippen LogP contribution in [0.3, 0.4) is 0 Å². The molecule has 0 aliphatic carbocycles. The molecule has 1 rings (SSSR count). The van der Waals surface area contributed by atoms with Crippen LogP contribution >= 0.6 is 0 Å². The van der Waals surface area contributed by atoms with E-state index in [4.69, 9.17) is 9.47 Å². The molecule has 0 heterocycles. The number of rotatable bonds is 7. The highest BCUT2D eigenvalue weighted by atomic mass is 16.5.